The summed E-state index contributed by atoms with van der Waals surface area (Å²) in [4.78, 5) is 21.6. The van der Waals surface area contributed by atoms with Crippen LogP contribution in [-0.4, -0.2) is 16.1 Å². The van der Waals surface area contributed by atoms with Crippen LogP contribution in [0.4, 0.5) is 9.18 Å². The summed E-state index contributed by atoms with van der Waals surface area (Å²) < 4.78 is 24.2. The number of rotatable bonds is 15. The van der Waals surface area contributed by atoms with Gasteiger partial charge in [-0.15, -0.1) is 11.3 Å². The lowest BCUT2D eigenvalue weighted by Gasteiger charge is -2.06. The summed E-state index contributed by atoms with van der Waals surface area (Å²) in [6.45, 7) is 4.22. The molecule has 0 bridgehead atoms. The Labute approximate surface area is 218 Å². The van der Waals surface area contributed by atoms with Gasteiger partial charge < -0.3 is 9.47 Å². The van der Waals surface area contributed by atoms with E-state index in [0.717, 1.165) is 41.7 Å². The van der Waals surface area contributed by atoms with Gasteiger partial charge in [-0.1, -0.05) is 71.6 Å². The molecule has 36 heavy (non-hydrogen) atoms. The van der Waals surface area contributed by atoms with Gasteiger partial charge in [0.25, 0.3) is 0 Å². The number of halogens is 1. The Balaban J connectivity index is 1.40. The maximum atomic E-state index is 13.8. The average molecular weight is 513 g/mol. The number of hydrogen-bond donors (Lipinski definition) is 0. The number of benzene rings is 1. The molecule has 1 aromatic carbocycles. The number of unbranched alkanes of at least 4 members (excludes halogenated alkanes) is 8. The van der Waals surface area contributed by atoms with Gasteiger partial charge in [0.2, 0.25) is 0 Å². The lowest BCUT2D eigenvalue weighted by Crippen LogP contribution is -2.12. The van der Waals surface area contributed by atoms with Gasteiger partial charge >= 0.3 is 6.16 Å². The van der Waals surface area contributed by atoms with Crippen LogP contribution in [0.2, 0.25) is 0 Å². The number of aromatic nitrogens is 2. The zero-order chi connectivity index (χ0) is 25.6. The molecular formula is C29H37FN2O3S. The smallest absolute Gasteiger partial charge is 0.395 e. The molecule has 0 radical (unpaired) electrons. The first-order chi connectivity index (χ1) is 17.6. The quantitative estimate of drug-likeness (QED) is 0.116. The molecule has 0 fully saturated rings. The maximum absolute atomic E-state index is 13.8. The summed E-state index contributed by atoms with van der Waals surface area (Å²) in [6, 6.07) is 8.13. The summed E-state index contributed by atoms with van der Waals surface area (Å²) in [6.07, 6.45) is 17.1. The lowest BCUT2D eigenvalue weighted by atomic mass is 10.1. The highest BCUT2D eigenvalue weighted by molar-refractivity contribution is 7.13. The molecule has 0 amide bonds. The fourth-order valence-electron chi connectivity index (χ4n) is 3.98. The minimum absolute atomic E-state index is 0.188. The number of ether oxygens (including phenoxy) is 2. The second kappa shape index (κ2) is 15.3. The highest BCUT2D eigenvalue weighted by Crippen LogP contribution is 2.29. The van der Waals surface area contributed by atoms with E-state index >= 15 is 0 Å². The van der Waals surface area contributed by atoms with Gasteiger partial charge in [-0.05, 0) is 49.1 Å². The number of thiophene rings is 1. The molecule has 0 unspecified atom stereocenters. The number of carbonyl (C=O) groups excluding carboxylic acids is 1. The molecule has 0 aliphatic rings. The van der Waals surface area contributed by atoms with Crippen LogP contribution in [-0.2, 0) is 12.8 Å². The molecule has 0 N–H and O–H groups in total. The van der Waals surface area contributed by atoms with Crippen LogP contribution in [0.1, 0.15) is 88.5 Å². The Hall–Kier alpha value is -2.80. The largest absolute Gasteiger partial charge is 0.520 e. The highest BCUT2D eigenvalue weighted by Gasteiger charge is 2.14. The number of hydrogen-bond acceptors (Lipinski definition) is 6. The second-order valence-electron chi connectivity index (χ2n) is 9.06. The molecule has 194 valence electrons. The van der Waals surface area contributed by atoms with Crippen molar-refractivity contribution >= 4 is 17.5 Å². The molecule has 3 aromatic rings. The Morgan fingerprint density at radius 2 is 1.47 bits per heavy atom. The van der Waals surface area contributed by atoms with Crippen molar-refractivity contribution in [3.63, 3.8) is 0 Å². The Kier molecular flexibility index (Phi) is 11.8. The molecule has 5 nitrogen and oxygen atoms in total. The van der Waals surface area contributed by atoms with E-state index in [4.69, 9.17) is 9.47 Å². The topological polar surface area (TPSA) is 61.3 Å². The Morgan fingerprint density at radius 1 is 0.833 bits per heavy atom. The highest BCUT2D eigenvalue weighted by atomic mass is 32.1. The number of carbonyl (C=O) groups is 1. The summed E-state index contributed by atoms with van der Waals surface area (Å²) in [5.74, 6) is 0.599. The van der Waals surface area contributed by atoms with Crippen LogP contribution in [0.15, 0.2) is 42.7 Å². The van der Waals surface area contributed by atoms with Gasteiger partial charge in [-0.25, -0.2) is 19.2 Å². The molecule has 2 aromatic heterocycles. The van der Waals surface area contributed by atoms with Gasteiger partial charge in [0.1, 0.15) is 11.6 Å². The van der Waals surface area contributed by atoms with Crippen molar-refractivity contribution in [1.29, 1.82) is 0 Å². The maximum Gasteiger partial charge on any atom is 0.520 e. The standard InChI is InChI=1S/C29H37FN2O3S/c1-3-5-6-7-8-9-10-11-12-14-22-20-31-28(32-21-22)23-15-17-24(18-16-23)34-29(33)35-27-19-25(30)26(36-27)13-4-2/h15-21H,3-14H2,1-2H3. The summed E-state index contributed by atoms with van der Waals surface area (Å²) in [5, 5.41) is 0.188. The van der Waals surface area contributed by atoms with E-state index in [0.29, 0.717) is 22.9 Å². The normalized spacial score (nSPS) is 11.0. The summed E-state index contributed by atoms with van der Waals surface area (Å²) in [5.41, 5.74) is 1.98. The van der Waals surface area contributed by atoms with Crippen LogP contribution in [0.3, 0.4) is 0 Å². The predicted octanol–water partition coefficient (Wildman–Crippen LogP) is 8.95. The zero-order valence-electron chi connectivity index (χ0n) is 21.4. The zero-order valence-corrected chi connectivity index (χ0v) is 22.2. The van der Waals surface area contributed by atoms with Crippen LogP contribution >= 0.6 is 11.3 Å². The van der Waals surface area contributed by atoms with Crippen molar-refractivity contribution in [1.82, 2.24) is 9.97 Å². The first-order valence-corrected chi connectivity index (χ1v) is 14.0. The van der Waals surface area contributed by atoms with E-state index in [2.05, 4.69) is 16.9 Å². The predicted molar refractivity (Wildman–Crippen MR) is 143 cm³/mol. The first kappa shape index (κ1) is 27.8. The van der Waals surface area contributed by atoms with E-state index in [1.54, 1.807) is 24.3 Å². The van der Waals surface area contributed by atoms with Crippen molar-refractivity contribution < 1.29 is 18.7 Å². The van der Waals surface area contributed by atoms with Crippen LogP contribution in [0.25, 0.3) is 11.4 Å². The fraction of sp³-hybridized carbons (Fsp3) is 0.483. The monoisotopic (exact) mass is 512 g/mol. The van der Waals surface area contributed by atoms with Gasteiger partial charge in [0.15, 0.2) is 10.9 Å². The molecule has 0 aliphatic heterocycles. The fourth-order valence-corrected chi connectivity index (χ4v) is 4.95. The summed E-state index contributed by atoms with van der Waals surface area (Å²) in [7, 11) is 0. The van der Waals surface area contributed by atoms with Crippen molar-refractivity contribution in [3.05, 3.63) is 59.0 Å². The number of nitrogens with zero attached hydrogens (tertiary/aromatic N) is 2. The van der Waals surface area contributed by atoms with Gasteiger partial charge in [-0.3, -0.25) is 0 Å². The van der Waals surface area contributed by atoms with Gasteiger partial charge in [0.05, 0.1) is 0 Å². The van der Waals surface area contributed by atoms with Gasteiger partial charge in [-0.2, -0.15) is 0 Å². The van der Waals surface area contributed by atoms with E-state index in [-0.39, 0.29) is 10.9 Å². The van der Waals surface area contributed by atoms with Crippen molar-refractivity contribution in [3.8, 4) is 22.2 Å². The third kappa shape index (κ3) is 9.34. The minimum Gasteiger partial charge on any atom is -0.395 e. The molecule has 0 aliphatic carbocycles. The molecule has 7 heteroatoms. The molecular weight excluding hydrogens is 475 g/mol. The van der Waals surface area contributed by atoms with Crippen molar-refractivity contribution in [2.75, 3.05) is 0 Å². The average Bonchev–Trinajstić information content (AvgIpc) is 3.22. The lowest BCUT2D eigenvalue weighted by molar-refractivity contribution is 0.153. The summed E-state index contributed by atoms with van der Waals surface area (Å²) >= 11 is 1.12. The van der Waals surface area contributed by atoms with E-state index in [9.17, 15) is 9.18 Å². The molecule has 0 spiro atoms. The van der Waals surface area contributed by atoms with Crippen molar-refractivity contribution in [2.45, 2.75) is 90.9 Å². The Morgan fingerprint density at radius 3 is 2.11 bits per heavy atom. The van der Waals surface area contributed by atoms with E-state index in [1.807, 2.05) is 19.3 Å². The van der Waals surface area contributed by atoms with Crippen LogP contribution in [0.5, 0.6) is 10.8 Å². The molecule has 0 atom stereocenters. The third-order valence-corrected chi connectivity index (χ3v) is 7.03. The van der Waals surface area contributed by atoms with E-state index in [1.165, 1.54) is 57.4 Å². The van der Waals surface area contributed by atoms with Gasteiger partial charge in [0, 0.05) is 28.9 Å². The second-order valence-corrected chi connectivity index (χ2v) is 10.2. The van der Waals surface area contributed by atoms with Crippen molar-refractivity contribution in [2.24, 2.45) is 0 Å². The minimum atomic E-state index is -0.899. The first-order valence-electron chi connectivity index (χ1n) is 13.2. The Bertz CT molecular complexity index is 1050. The van der Waals surface area contributed by atoms with Crippen LogP contribution < -0.4 is 9.47 Å². The third-order valence-electron chi connectivity index (χ3n) is 5.98. The van der Waals surface area contributed by atoms with Crippen LogP contribution in [0, 0.1) is 5.82 Å². The van der Waals surface area contributed by atoms with E-state index < -0.39 is 6.16 Å². The molecule has 2 heterocycles. The SMILES string of the molecule is CCCCCCCCCCCc1cnc(-c2ccc(OC(=O)Oc3cc(F)c(CCC)s3)cc2)nc1. The molecule has 0 saturated carbocycles. The molecule has 0 saturated heterocycles. The molecule has 3 rings (SSSR count). The number of aryl methyl sites for hydroxylation is 2.